The van der Waals surface area contributed by atoms with Crippen molar-refractivity contribution in [1.82, 2.24) is 0 Å². The van der Waals surface area contributed by atoms with E-state index < -0.39 is 41.8 Å². The molecule has 9 heteroatoms. The number of aliphatic hydroxyl groups is 2. The first-order valence-corrected chi connectivity index (χ1v) is 7.50. The molecule has 0 aliphatic carbocycles. The summed E-state index contributed by atoms with van der Waals surface area (Å²) in [6.07, 6.45) is -5.89. The molecule has 1 atom stereocenters. The van der Waals surface area contributed by atoms with Crippen LogP contribution < -0.4 is 10.1 Å². The normalized spacial score (nSPS) is 12.8. The number of anilines is 1. The third-order valence-electron chi connectivity index (χ3n) is 3.56. The van der Waals surface area contributed by atoms with Crippen molar-refractivity contribution in [3.63, 3.8) is 0 Å². The Morgan fingerprint density at radius 2 is 1.77 bits per heavy atom. The van der Waals surface area contributed by atoms with Gasteiger partial charge in [0.15, 0.2) is 17.4 Å². The van der Waals surface area contributed by atoms with Crippen LogP contribution in [0.3, 0.4) is 0 Å². The van der Waals surface area contributed by atoms with Crippen molar-refractivity contribution in [3.05, 3.63) is 53.1 Å². The largest absolute Gasteiger partial charge is 0.451 e. The molecule has 0 aromatic heterocycles. The van der Waals surface area contributed by atoms with Crippen LogP contribution in [0.4, 0.5) is 27.6 Å². The van der Waals surface area contributed by atoms with Crippen LogP contribution in [-0.4, -0.2) is 29.5 Å². The predicted octanol–water partition coefficient (Wildman–Crippen LogP) is 3.85. The Kier molecular flexibility index (Phi) is 6.04. The molecule has 3 N–H and O–H groups in total. The molecule has 142 valence electrons. The lowest BCUT2D eigenvalue weighted by molar-refractivity contribution is -0.138. The van der Waals surface area contributed by atoms with Gasteiger partial charge in [0.2, 0.25) is 0 Å². The molecule has 2 aromatic carbocycles. The lowest BCUT2D eigenvalue weighted by Crippen LogP contribution is -2.23. The van der Waals surface area contributed by atoms with Gasteiger partial charge in [-0.25, -0.2) is 8.78 Å². The van der Waals surface area contributed by atoms with Crippen molar-refractivity contribution >= 4 is 5.69 Å². The van der Waals surface area contributed by atoms with Crippen LogP contribution in [0.25, 0.3) is 0 Å². The smallest absolute Gasteiger partial charge is 0.416 e. The minimum atomic E-state index is -4.88. The number of benzene rings is 2. The molecule has 26 heavy (non-hydrogen) atoms. The van der Waals surface area contributed by atoms with E-state index in [1.54, 1.807) is 13.0 Å². The van der Waals surface area contributed by atoms with Gasteiger partial charge >= 0.3 is 6.18 Å². The van der Waals surface area contributed by atoms with Gasteiger partial charge in [-0.1, -0.05) is 6.07 Å². The lowest BCUT2D eigenvalue weighted by atomic mass is 10.1. The maximum Gasteiger partial charge on any atom is 0.416 e. The Balaban J connectivity index is 2.29. The molecule has 4 nitrogen and oxygen atoms in total. The van der Waals surface area contributed by atoms with Crippen LogP contribution in [0.1, 0.15) is 11.1 Å². The van der Waals surface area contributed by atoms with Crippen molar-refractivity contribution in [2.75, 3.05) is 18.5 Å². The van der Waals surface area contributed by atoms with Crippen molar-refractivity contribution in [2.24, 2.45) is 0 Å². The zero-order valence-electron chi connectivity index (χ0n) is 13.6. The van der Waals surface area contributed by atoms with Crippen LogP contribution in [0.5, 0.6) is 11.5 Å². The maximum absolute atomic E-state index is 13.9. The van der Waals surface area contributed by atoms with Crippen LogP contribution in [-0.2, 0) is 6.18 Å². The highest BCUT2D eigenvalue weighted by Gasteiger charge is 2.33. The third-order valence-corrected chi connectivity index (χ3v) is 3.56. The van der Waals surface area contributed by atoms with E-state index in [0.29, 0.717) is 11.3 Å². The minimum Gasteiger partial charge on any atom is -0.451 e. The highest BCUT2D eigenvalue weighted by atomic mass is 19.4. The van der Waals surface area contributed by atoms with E-state index in [-0.39, 0.29) is 24.4 Å². The molecule has 0 spiro atoms. The van der Waals surface area contributed by atoms with Crippen molar-refractivity contribution in [2.45, 2.75) is 19.2 Å². The van der Waals surface area contributed by atoms with Gasteiger partial charge < -0.3 is 20.3 Å². The lowest BCUT2D eigenvalue weighted by Gasteiger charge is -2.16. The van der Waals surface area contributed by atoms with E-state index in [9.17, 15) is 27.1 Å². The van der Waals surface area contributed by atoms with Gasteiger partial charge in [0.1, 0.15) is 5.75 Å². The number of alkyl halides is 3. The van der Waals surface area contributed by atoms with E-state index in [1.807, 2.05) is 0 Å². The molecule has 0 saturated heterocycles. The van der Waals surface area contributed by atoms with Gasteiger partial charge in [-0.3, -0.25) is 0 Å². The fraction of sp³-hybridized carbons (Fsp3) is 0.294. The molecular formula is C17H16F5NO3. The highest BCUT2D eigenvalue weighted by molar-refractivity contribution is 5.57. The average molecular weight is 377 g/mol. The summed E-state index contributed by atoms with van der Waals surface area (Å²) >= 11 is 0. The Labute approximate surface area is 145 Å². The first-order valence-electron chi connectivity index (χ1n) is 7.50. The summed E-state index contributed by atoms with van der Waals surface area (Å²) in [5.74, 6) is -3.89. The SMILES string of the molecule is Cc1c(NCC(O)CO)cccc1Oc1c(F)cc(C(F)(F)F)cc1F. The van der Waals surface area contributed by atoms with Crippen LogP contribution in [0, 0.1) is 18.6 Å². The van der Waals surface area contributed by atoms with Crippen LogP contribution in [0.15, 0.2) is 30.3 Å². The zero-order valence-corrected chi connectivity index (χ0v) is 13.6. The number of nitrogens with one attached hydrogen (secondary N) is 1. The fourth-order valence-electron chi connectivity index (χ4n) is 2.14. The number of hydrogen-bond donors (Lipinski definition) is 3. The standard InChI is InChI=1S/C17H16F5NO3/c1-9-14(23-7-11(25)8-24)3-2-4-15(9)26-16-12(18)5-10(6-13(16)19)17(20,21)22/h2-6,11,23-25H,7-8H2,1H3. The molecule has 0 heterocycles. The van der Waals surface area contributed by atoms with Gasteiger partial charge in [0, 0.05) is 17.8 Å². The summed E-state index contributed by atoms with van der Waals surface area (Å²) in [6.45, 7) is 1.12. The third kappa shape index (κ3) is 4.61. The van der Waals surface area contributed by atoms with Gasteiger partial charge in [-0.2, -0.15) is 13.2 Å². The average Bonchev–Trinajstić information content (AvgIpc) is 2.57. The first-order chi connectivity index (χ1) is 12.1. The van der Waals surface area contributed by atoms with Crippen LogP contribution in [0.2, 0.25) is 0 Å². The molecule has 2 rings (SSSR count). The number of hydrogen-bond acceptors (Lipinski definition) is 4. The number of aliphatic hydroxyl groups excluding tert-OH is 2. The van der Waals surface area contributed by atoms with Gasteiger partial charge in [-0.05, 0) is 31.2 Å². The topological polar surface area (TPSA) is 61.7 Å². The quantitative estimate of drug-likeness (QED) is 0.670. The summed E-state index contributed by atoms with van der Waals surface area (Å²) in [7, 11) is 0. The number of rotatable bonds is 6. The van der Waals surface area contributed by atoms with E-state index in [2.05, 4.69) is 5.32 Å². The molecule has 0 saturated carbocycles. The summed E-state index contributed by atoms with van der Waals surface area (Å²) < 4.78 is 70.7. The molecule has 0 fully saturated rings. The molecule has 0 radical (unpaired) electrons. The minimum absolute atomic E-state index is 0.0177. The molecule has 0 aliphatic heterocycles. The van der Waals surface area contributed by atoms with Crippen molar-refractivity contribution < 1.29 is 36.9 Å². The van der Waals surface area contributed by atoms with Gasteiger partial charge in [-0.15, -0.1) is 0 Å². The number of halogens is 5. The molecule has 0 amide bonds. The van der Waals surface area contributed by atoms with E-state index in [4.69, 9.17) is 9.84 Å². The van der Waals surface area contributed by atoms with Gasteiger partial charge in [0.25, 0.3) is 0 Å². The summed E-state index contributed by atoms with van der Waals surface area (Å²) in [4.78, 5) is 0. The predicted molar refractivity (Wildman–Crippen MR) is 84.2 cm³/mol. The monoisotopic (exact) mass is 377 g/mol. The summed E-state index contributed by atoms with van der Waals surface area (Å²) in [5, 5.41) is 21.0. The Hall–Kier alpha value is -2.39. The molecule has 0 aliphatic rings. The number of ether oxygens (including phenoxy) is 1. The Morgan fingerprint density at radius 3 is 2.31 bits per heavy atom. The summed E-state index contributed by atoms with van der Waals surface area (Å²) in [5.41, 5.74) is -0.580. The first kappa shape index (κ1) is 19.9. The van der Waals surface area contributed by atoms with Crippen LogP contribution >= 0.6 is 0 Å². The Morgan fingerprint density at radius 1 is 1.15 bits per heavy atom. The van der Waals surface area contributed by atoms with Crippen molar-refractivity contribution in [3.8, 4) is 11.5 Å². The van der Waals surface area contributed by atoms with E-state index >= 15 is 0 Å². The molecule has 2 aromatic rings. The van der Waals surface area contributed by atoms with Crippen molar-refractivity contribution in [1.29, 1.82) is 0 Å². The second-order valence-electron chi connectivity index (χ2n) is 5.51. The second-order valence-corrected chi connectivity index (χ2v) is 5.51. The maximum atomic E-state index is 13.9. The van der Waals surface area contributed by atoms with Gasteiger partial charge in [0.05, 0.1) is 18.3 Å². The van der Waals surface area contributed by atoms with E-state index in [1.165, 1.54) is 12.1 Å². The summed E-state index contributed by atoms with van der Waals surface area (Å²) in [6, 6.07) is 4.81. The fourth-order valence-corrected chi connectivity index (χ4v) is 2.14. The Bertz CT molecular complexity index is 756. The molecular weight excluding hydrogens is 361 g/mol. The molecule has 0 bridgehead atoms. The zero-order chi connectivity index (χ0) is 19.5. The highest BCUT2D eigenvalue weighted by Crippen LogP contribution is 2.37. The molecule has 1 unspecified atom stereocenters. The second kappa shape index (κ2) is 7.88. The van der Waals surface area contributed by atoms with E-state index in [0.717, 1.165) is 0 Å².